The molecule has 0 aromatic carbocycles. The Hall–Kier alpha value is -1.60. The van der Waals surface area contributed by atoms with E-state index in [0.29, 0.717) is 17.0 Å². The maximum Gasteiger partial charge on any atom is 0.289 e. The number of hydrogen-bond acceptors (Lipinski definition) is 5. The van der Waals surface area contributed by atoms with Gasteiger partial charge in [-0.2, -0.15) is 0 Å². The Morgan fingerprint density at radius 1 is 1.32 bits per heavy atom. The lowest BCUT2D eigenvalue weighted by Gasteiger charge is -2.20. The first kappa shape index (κ1) is 15.3. The summed E-state index contributed by atoms with van der Waals surface area (Å²) in [6, 6.07) is 5.39. The van der Waals surface area contributed by atoms with Crippen molar-refractivity contribution < 1.29 is 13.7 Å². The number of aryl methyl sites for hydroxylation is 1. The van der Waals surface area contributed by atoms with Crippen molar-refractivity contribution in [2.24, 2.45) is 0 Å². The normalized spacial score (nSPS) is 16.7. The molecule has 3 rings (SSSR count). The predicted molar refractivity (Wildman–Crippen MR) is 83.4 cm³/mol. The van der Waals surface area contributed by atoms with E-state index in [1.54, 1.807) is 12.1 Å². The van der Waals surface area contributed by atoms with Crippen molar-refractivity contribution in [2.75, 3.05) is 26.2 Å². The summed E-state index contributed by atoms with van der Waals surface area (Å²) in [6.45, 7) is 5.84. The second-order valence-electron chi connectivity index (χ2n) is 5.45. The molecule has 1 aliphatic rings. The first-order valence-electron chi connectivity index (χ1n) is 7.31. The van der Waals surface area contributed by atoms with E-state index in [9.17, 15) is 4.79 Å². The molecule has 1 saturated heterocycles. The minimum Gasteiger partial charge on any atom is -0.444 e. The molecule has 0 unspecified atom stereocenters. The van der Waals surface area contributed by atoms with Crippen LogP contribution in [-0.4, -0.2) is 47.0 Å². The van der Waals surface area contributed by atoms with Crippen LogP contribution in [0, 0.1) is 6.92 Å². The molecule has 118 valence electrons. The van der Waals surface area contributed by atoms with Gasteiger partial charge in [0.2, 0.25) is 0 Å². The maximum atomic E-state index is 12.4. The van der Waals surface area contributed by atoms with Crippen LogP contribution in [0.25, 0.3) is 0 Å². The average molecular weight is 368 g/mol. The lowest BCUT2D eigenvalue weighted by atomic mass is 10.3. The second-order valence-corrected chi connectivity index (χ2v) is 6.24. The Morgan fingerprint density at radius 2 is 2.18 bits per heavy atom. The van der Waals surface area contributed by atoms with Crippen LogP contribution >= 0.6 is 15.9 Å². The van der Waals surface area contributed by atoms with Gasteiger partial charge in [-0.05, 0) is 41.4 Å². The van der Waals surface area contributed by atoms with Crippen molar-refractivity contribution in [3.63, 3.8) is 0 Å². The van der Waals surface area contributed by atoms with E-state index in [1.807, 2.05) is 17.9 Å². The van der Waals surface area contributed by atoms with Gasteiger partial charge in [0.25, 0.3) is 5.91 Å². The molecule has 2 aromatic rings. The number of carbonyl (C=O) groups excluding carboxylic acids is 1. The lowest BCUT2D eigenvalue weighted by Crippen LogP contribution is -2.34. The van der Waals surface area contributed by atoms with E-state index >= 15 is 0 Å². The van der Waals surface area contributed by atoms with Crippen molar-refractivity contribution in [1.29, 1.82) is 0 Å². The van der Waals surface area contributed by atoms with Crippen molar-refractivity contribution in [3.05, 3.63) is 40.1 Å². The summed E-state index contributed by atoms with van der Waals surface area (Å²) in [5.74, 6) is 1.15. The molecule has 0 atom stereocenters. The topological polar surface area (TPSA) is 62.7 Å². The van der Waals surface area contributed by atoms with Crippen LogP contribution in [0.3, 0.4) is 0 Å². The first-order chi connectivity index (χ1) is 10.6. The van der Waals surface area contributed by atoms with Crippen molar-refractivity contribution in [1.82, 2.24) is 15.0 Å². The third-order valence-corrected chi connectivity index (χ3v) is 4.15. The molecule has 6 nitrogen and oxygen atoms in total. The van der Waals surface area contributed by atoms with Crippen LogP contribution in [0.1, 0.15) is 28.4 Å². The molecule has 0 saturated carbocycles. The third kappa shape index (κ3) is 3.59. The number of amides is 1. The zero-order valence-electron chi connectivity index (χ0n) is 12.4. The molecule has 7 heteroatoms. The summed E-state index contributed by atoms with van der Waals surface area (Å²) in [5.41, 5.74) is 0.937. The molecule has 0 N–H and O–H groups in total. The minimum absolute atomic E-state index is 0.0511. The molecule has 1 amide bonds. The summed E-state index contributed by atoms with van der Waals surface area (Å²) in [5, 5.41) is 4.03. The summed E-state index contributed by atoms with van der Waals surface area (Å²) >= 11 is 3.23. The van der Waals surface area contributed by atoms with Crippen LogP contribution < -0.4 is 0 Å². The van der Waals surface area contributed by atoms with Crippen LogP contribution in [-0.2, 0) is 6.54 Å². The number of furan rings is 1. The molecule has 0 aliphatic carbocycles. The smallest absolute Gasteiger partial charge is 0.289 e. The Morgan fingerprint density at radius 3 is 2.86 bits per heavy atom. The average Bonchev–Trinajstić information content (AvgIpc) is 3.02. The maximum absolute atomic E-state index is 12.4. The van der Waals surface area contributed by atoms with E-state index in [4.69, 9.17) is 8.94 Å². The number of rotatable bonds is 3. The quantitative estimate of drug-likeness (QED) is 0.834. The van der Waals surface area contributed by atoms with E-state index in [0.717, 1.165) is 44.1 Å². The number of halogens is 1. The van der Waals surface area contributed by atoms with Crippen molar-refractivity contribution in [3.8, 4) is 0 Å². The van der Waals surface area contributed by atoms with Crippen LogP contribution in [0.2, 0.25) is 0 Å². The van der Waals surface area contributed by atoms with Crippen molar-refractivity contribution in [2.45, 2.75) is 19.9 Å². The molecule has 0 radical (unpaired) electrons. The Bertz CT molecular complexity index is 652. The summed E-state index contributed by atoms with van der Waals surface area (Å²) in [7, 11) is 0. The zero-order valence-corrected chi connectivity index (χ0v) is 14.0. The molecule has 1 fully saturated rings. The Labute approximate surface area is 137 Å². The molecule has 22 heavy (non-hydrogen) atoms. The Kier molecular flexibility index (Phi) is 4.63. The largest absolute Gasteiger partial charge is 0.444 e. The van der Waals surface area contributed by atoms with Gasteiger partial charge in [-0.25, -0.2) is 0 Å². The summed E-state index contributed by atoms with van der Waals surface area (Å²) < 4.78 is 11.0. The second kappa shape index (κ2) is 6.66. The van der Waals surface area contributed by atoms with Crippen molar-refractivity contribution >= 4 is 21.8 Å². The molecule has 0 spiro atoms. The molecule has 0 bridgehead atoms. The fourth-order valence-corrected chi connectivity index (χ4v) is 2.95. The van der Waals surface area contributed by atoms with Crippen LogP contribution in [0.4, 0.5) is 0 Å². The first-order valence-corrected chi connectivity index (χ1v) is 8.10. The molecule has 2 aromatic heterocycles. The van der Waals surface area contributed by atoms with Gasteiger partial charge in [0.05, 0.1) is 5.69 Å². The highest BCUT2D eigenvalue weighted by Gasteiger charge is 2.22. The molecule has 1 aliphatic heterocycles. The van der Waals surface area contributed by atoms with Crippen LogP contribution in [0.15, 0.2) is 31.8 Å². The van der Waals surface area contributed by atoms with Gasteiger partial charge in [0.15, 0.2) is 10.4 Å². The number of carbonyl (C=O) groups is 1. The van der Waals surface area contributed by atoms with Gasteiger partial charge in [-0.1, -0.05) is 5.16 Å². The van der Waals surface area contributed by atoms with E-state index < -0.39 is 0 Å². The highest BCUT2D eigenvalue weighted by molar-refractivity contribution is 9.10. The van der Waals surface area contributed by atoms with Gasteiger partial charge in [-0.3, -0.25) is 9.69 Å². The lowest BCUT2D eigenvalue weighted by molar-refractivity contribution is 0.0727. The molecular formula is C15H18BrN3O3. The predicted octanol–water partition coefficient (Wildman–Crippen LogP) is 2.69. The standard InChI is InChI=1S/C15H18BrN3O3/c1-11-9-12(17-22-11)10-18-5-2-6-19(8-7-18)15(20)13-3-4-14(16)21-13/h3-4,9H,2,5-8,10H2,1H3. The monoisotopic (exact) mass is 367 g/mol. The number of nitrogens with zero attached hydrogens (tertiary/aromatic N) is 3. The number of aromatic nitrogens is 1. The SMILES string of the molecule is Cc1cc(CN2CCCN(C(=O)c3ccc(Br)o3)CC2)no1. The highest BCUT2D eigenvalue weighted by Crippen LogP contribution is 2.17. The van der Waals surface area contributed by atoms with E-state index in [1.165, 1.54) is 0 Å². The fraction of sp³-hybridized carbons (Fsp3) is 0.467. The van der Waals surface area contributed by atoms with Crippen LogP contribution in [0.5, 0.6) is 0 Å². The van der Waals surface area contributed by atoms with Gasteiger partial charge in [0, 0.05) is 38.8 Å². The molecular weight excluding hydrogens is 350 g/mol. The number of hydrogen-bond donors (Lipinski definition) is 0. The zero-order chi connectivity index (χ0) is 15.5. The van der Waals surface area contributed by atoms with Gasteiger partial charge < -0.3 is 13.8 Å². The van der Waals surface area contributed by atoms with Gasteiger partial charge >= 0.3 is 0 Å². The van der Waals surface area contributed by atoms with E-state index in [-0.39, 0.29) is 5.91 Å². The molecule has 3 heterocycles. The van der Waals surface area contributed by atoms with E-state index in [2.05, 4.69) is 26.0 Å². The van der Waals surface area contributed by atoms with Gasteiger partial charge in [-0.15, -0.1) is 0 Å². The highest BCUT2D eigenvalue weighted by atomic mass is 79.9. The third-order valence-electron chi connectivity index (χ3n) is 3.72. The fourth-order valence-electron chi connectivity index (χ4n) is 2.64. The summed E-state index contributed by atoms with van der Waals surface area (Å²) in [6.07, 6.45) is 0.935. The Balaban J connectivity index is 1.58. The summed E-state index contributed by atoms with van der Waals surface area (Å²) in [4.78, 5) is 16.5. The van der Waals surface area contributed by atoms with Gasteiger partial charge in [0.1, 0.15) is 5.76 Å². The minimum atomic E-state index is -0.0511.